The lowest BCUT2D eigenvalue weighted by Gasteiger charge is -2.28. The second-order valence-corrected chi connectivity index (χ2v) is 5.17. The molecule has 3 nitrogen and oxygen atoms in total. The minimum Gasteiger partial charge on any atom is -0.480 e. The summed E-state index contributed by atoms with van der Waals surface area (Å²) < 4.78 is 13.6. The number of hydrogen-bond acceptors (Lipinski definition) is 2. The summed E-state index contributed by atoms with van der Waals surface area (Å²) in [5, 5.41) is 12.4. The van der Waals surface area contributed by atoms with Gasteiger partial charge in [0.25, 0.3) is 0 Å². The zero-order valence-corrected chi connectivity index (χ0v) is 11.2. The van der Waals surface area contributed by atoms with E-state index >= 15 is 0 Å². The van der Waals surface area contributed by atoms with Gasteiger partial charge in [0, 0.05) is 0 Å². The fourth-order valence-electron chi connectivity index (χ4n) is 1.61. The standard InChI is InChI=1S/C14H20FNO2/c1-9(2)8-16-14(4,13(17)18)11-6-5-10(3)12(15)7-11/h5-7,9,16H,8H2,1-4H3,(H,17,18). The number of carbonyl (C=O) groups is 1. The van der Waals surface area contributed by atoms with Gasteiger partial charge in [0.05, 0.1) is 0 Å². The molecule has 0 aliphatic rings. The van der Waals surface area contributed by atoms with Crippen LogP contribution in [0.15, 0.2) is 18.2 Å². The normalized spacial score (nSPS) is 14.6. The Balaban J connectivity index is 3.10. The van der Waals surface area contributed by atoms with E-state index in [-0.39, 0.29) is 5.82 Å². The van der Waals surface area contributed by atoms with Crippen LogP contribution >= 0.6 is 0 Å². The van der Waals surface area contributed by atoms with E-state index in [4.69, 9.17) is 0 Å². The molecule has 1 rings (SSSR count). The van der Waals surface area contributed by atoms with Crippen LogP contribution in [0.1, 0.15) is 31.9 Å². The molecule has 0 saturated heterocycles. The number of hydrogen-bond donors (Lipinski definition) is 2. The van der Waals surface area contributed by atoms with Gasteiger partial charge in [-0.15, -0.1) is 0 Å². The number of aryl methyl sites for hydroxylation is 1. The highest BCUT2D eigenvalue weighted by molar-refractivity contribution is 5.80. The highest BCUT2D eigenvalue weighted by Gasteiger charge is 2.35. The second kappa shape index (κ2) is 5.48. The van der Waals surface area contributed by atoms with E-state index in [0.29, 0.717) is 23.6 Å². The van der Waals surface area contributed by atoms with Crippen molar-refractivity contribution < 1.29 is 14.3 Å². The van der Waals surface area contributed by atoms with Crippen LogP contribution in [-0.4, -0.2) is 17.6 Å². The Bertz CT molecular complexity index is 445. The van der Waals surface area contributed by atoms with E-state index in [1.165, 1.54) is 6.07 Å². The van der Waals surface area contributed by atoms with Gasteiger partial charge in [-0.2, -0.15) is 0 Å². The molecule has 0 spiro atoms. The Kier molecular flexibility index (Phi) is 4.46. The van der Waals surface area contributed by atoms with E-state index in [9.17, 15) is 14.3 Å². The van der Waals surface area contributed by atoms with Crippen molar-refractivity contribution in [2.75, 3.05) is 6.54 Å². The Morgan fingerprint density at radius 1 is 1.50 bits per heavy atom. The lowest BCUT2D eigenvalue weighted by Crippen LogP contribution is -2.48. The van der Waals surface area contributed by atoms with Gasteiger partial charge in [-0.1, -0.05) is 26.0 Å². The molecule has 18 heavy (non-hydrogen) atoms. The Morgan fingerprint density at radius 2 is 2.11 bits per heavy atom. The molecule has 0 amide bonds. The van der Waals surface area contributed by atoms with Gasteiger partial charge >= 0.3 is 5.97 Å². The van der Waals surface area contributed by atoms with Crippen molar-refractivity contribution in [3.63, 3.8) is 0 Å². The third-order valence-corrected chi connectivity index (χ3v) is 3.04. The molecule has 1 unspecified atom stereocenters. The first-order valence-electron chi connectivity index (χ1n) is 6.02. The number of benzene rings is 1. The molecule has 4 heteroatoms. The highest BCUT2D eigenvalue weighted by Crippen LogP contribution is 2.23. The monoisotopic (exact) mass is 253 g/mol. The fraction of sp³-hybridized carbons (Fsp3) is 0.500. The molecular weight excluding hydrogens is 233 g/mol. The summed E-state index contributed by atoms with van der Waals surface area (Å²) in [5.74, 6) is -1.07. The maximum atomic E-state index is 13.6. The topological polar surface area (TPSA) is 49.3 Å². The first-order chi connectivity index (χ1) is 8.27. The van der Waals surface area contributed by atoms with Crippen LogP contribution in [0.3, 0.4) is 0 Å². The van der Waals surface area contributed by atoms with Crippen molar-refractivity contribution >= 4 is 5.97 Å². The van der Waals surface area contributed by atoms with Crippen molar-refractivity contribution in [1.29, 1.82) is 0 Å². The first-order valence-corrected chi connectivity index (χ1v) is 6.02. The van der Waals surface area contributed by atoms with Crippen LogP contribution in [0.25, 0.3) is 0 Å². The molecule has 0 heterocycles. The first kappa shape index (κ1) is 14.6. The van der Waals surface area contributed by atoms with E-state index in [2.05, 4.69) is 5.32 Å². The molecule has 0 fully saturated rings. The molecule has 0 radical (unpaired) electrons. The van der Waals surface area contributed by atoms with Crippen LogP contribution < -0.4 is 5.32 Å². The van der Waals surface area contributed by atoms with Crippen molar-refractivity contribution in [3.8, 4) is 0 Å². The Morgan fingerprint density at radius 3 is 2.56 bits per heavy atom. The average molecular weight is 253 g/mol. The summed E-state index contributed by atoms with van der Waals surface area (Å²) in [6.07, 6.45) is 0. The average Bonchev–Trinajstić information content (AvgIpc) is 2.29. The third kappa shape index (κ3) is 3.07. The molecule has 0 saturated carbocycles. The van der Waals surface area contributed by atoms with Gasteiger partial charge in [-0.3, -0.25) is 5.32 Å². The molecule has 0 aliphatic heterocycles. The summed E-state index contributed by atoms with van der Waals surface area (Å²) in [6, 6.07) is 4.54. The van der Waals surface area contributed by atoms with Gasteiger partial charge in [-0.25, -0.2) is 9.18 Å². The van der Waals surface area contributed by atoms with Gasteiger partial charge < -0.3 is 5.11 Å². The van der Waals surface area contributed by atoms with E-state index < -0.39 is 11.5 Å². The fourth-order valence-corrected chi connectivity index (χ4v) is 1.61. The van der Waals surface area contributed by atoms with Crippen LogP contribution in [0.4, 0.5) is 4.39 Å². The van der Waals surface area contributed by atoms with Gasteiger partial charge in [0.2, 0.25) is 0 Å². The van der Waals surface area contributed by atoms with Crippen molar-refractivity contribution in [2.24, 2.45) is 5.92 Å². The van der Waals surface area contributed by atoms with E-state index in [1.807, 2.05) is 13.8 Å². The predicted molar refractivity (Wildman–Crippen MR) is 69.0 cm³/mol. The third-order valence-electron chi connectivity index (χ3n) is 3.04. The summed E-state index contributed by atoms with van der Waals surface area (Å²) in [5.41, 5.74) is -0.326. The molecule has 100 valence electrons. The lowest BCUT2D eigenvalue weighted by atomic mass is 9.90. The molecule has 1 aromatic rings. The number of nitrogens with one attached hydrogen (secondary N) is 1. The number of aliphatic carboxylic acids is 1. The van der Waals surface area contributed by atoms with Crippen molar-refractivity contribution in [1.82, 2.24) is 5.32 Å². The molecule has 0 bridgehead atoms. The minimum atomic E-state index is -1.27. The molecule has 0 aromatic heterocycles. The van der Waals surface area contributed by atoms with Crippen LogP contribution in [0.2, 0.25) is 0 Å². The van der Waals surface area contributed by atoms with Crippen molar-refractivity contribution in [2.45, 2.75) is 33.2 Å². The highest BCUT2D eigenvalue weighted by atomic mass is 19.1. The van der Waals surface area contributed by atoms with Crippen LogP contribution in [0, 0.1) is 18.7 Å². The minimum absolute atomic E-state index is 0.318. The largest absolute Gasteiger partial charge is 0.480 e. The van der Waals surface area contributed by atoms with Gasteiger partial charge in [0.1, 0.15) is 11.4 Å². The van der Waals surface area contributed by atoms with Gasteiger partial charge in [-0.05, 0) is 43.5 Å². The summed E-state index contributed by atoms with van der Waals surface area (Å²) in [7, 11) is 0. The Hall–Kier alpha value is -1.42. The molecule has 0 aliphatic carbocycles. The quantitative estimate of drug-likeness (QED) is 0.848. The number of carboxylic acid groups (broad SMARTS) is 1. The maximum Gasteiger partial charge on any atom is 0.328 e. The van der Waals surface area contributed by atoms with Crippen LogP contribution in [0.5, 0.6) is 0 Å². The predicted octanol–water partition coefficient (Wildman–Crippen LogP) is 2.68. The zero-order valence-electron chi connectivity index (χ0n) is 11.2. The number of halogens is 1. The molecule has 2 N–H and O–H groups in total. The SMILES string of the molecule is Cc1ccc(C(C)(NCC(C)C)C(=O)O)cc1F. The molecular formula is C14H20FNO2. The molecule has 1 atom stereocenters. The maximum absolute atomic E-state index is 13.6. The van der Waals surface area contributed by atoms with Crippen LogP contribution in [-0.2, 0) is 10.3 Å². The summed E-state index contributed by atoms with van der Waals surface area (Å²) in [4.78, 5) is 11.4. The van der Waals surface area contributed by atoms with E-state index in [1.54, 1.807) is 26.0 Å². The lowest BCUT2D eigenvalue weighted by molar-refractivity contribution is -0.144. The Labute approximate surface area is 107 Å². The zero-order chi connectivity index (χ0) is 13.9. The summed E-state index contributed by atoms with van der Waals surface area (Å²) in [6.45, 7) is 7.74. The number of carboxylic acids is 1. The second-order valence-electron chi connectivity index (χ2n) is 5.17. The number of rotatable bonds is 5. The smallest absolute Gasteiger partial charge is 0.328 e. The van der Waals surface area contributed by atoms with Gasteiger partial charge in [0.15, 0.2) is 0 Å². The summed E-state index contributed by atoms with van der Waals surface area (Å²) >= 11 is 0. The van der Waals surface area contributed by atoms with E-state index in [0.717, 1.165) is 0 Å². The van der Waals surface area contributed by atoms with Crippen molar-refractivity contribution in [3.05, 3.63) is 35.1 Å². The molecule has 1 aromatic carbocycles.